The van der Waals surface area contributed by atoms with Gasteiger partial charge in [-0.2, -0.15) is 0 Å². The number of carbonyl (C=O) groups excluding carboxylic acids is 1. The minimum Gasteiger partial charge on any atom is -0.389 e. The van der Waals surface area contributed by atoms with Crippen LogP contribution >= 0.6 is 0 Å². The topological polar surface area (TPSA) is 55.8 Å². The smallest absolute Gasteiger partial charge is 0.236 e. The van der Waals surface area contributed by atoms with E-state index < -0.39 is 5.60 Å². The SMILES string of the molecule is CC(C)(O)CN1CCN(C(=O)CNCC2CC2)CC1. The van der Waals surface area contributed by atoms with Gasteiger partial charge in [0.15, 0.2) is 0 Å². The lowest BCUT2D eigenvalue weighted by Gasteiger charge is -2.37. The van der Waals surface area contributed by atoms with E-state index in [0.717, 1.165) is 38.6 Å². The van der Waals surface area contributed by atoms with Crippen LogP contribution in [0.1, 0.15) is 26.7 Å². The fourth-order valence-corrected chi connectivity index (χ4v) is 2.52. The summed E-state index contributed by atoms with van der Waals surface area (Å²) in [5, 5.41) is 13.0. The summed E-state index contributed by atoms with van der Waals surface area (Å²) < 4.78 is 0. The number of rotatable bonds is 6. The molecule has 1 heterocycles. The van der Waals surface area contributed by atoms with E-state index in [0.29, 0.717) is 13.1 Å². The van der Waals surface area contributed by atoms with E-state index in [2.05, 4.69) is 10.2 Å². The normalized spacial score (nSPS) is 21.7. The molecule has 19 heavy (non-hydrogen) atoms. The minimum atomic E-state index is -0.655. The highest BCUT2D eigenvalue weighted by molar-refractivity contribution is 5.78. The maximum Gasteiger partial charge on any atom is 0.236 e. The van der Waals surface area contributed by atoms with Crippen LogP contribution in [0.3, 0.4) is 0 Å². The van der Waals surface area contributed by atoms with Gasteiger partial charge in [0.1, 0.15) is 0 Å². The highest BCUT2D eigenvalue weighted by atomic mass is 16.3. The van der Waals surface area contributed by atoms with E-state index in [1.165, 1.54) is 12.8 Å². The number of nitrogens with zero attached hydrogens (tertiary/aromatic N) is 2. The second-order valence-electron chi connectivity index (χ2n) is 6.54. The monoisotopic (exact) mass is 269 g/mol. The van der Waals surface area contributed by atoms with Crippen LogP contribution in [-0.4, -0.2) is 72.2 Å². The minimum absolute atomic E-state index is 0.212. The number of aliphatic hydroxyl groups is 1. The van der Waals surface area contributed by atoms with Gasteiger partial charge in [0.05, 0.1) is 12.1 Å². The Hall–Kier alpha value is -0.650. The van der Waals surface area contributed by atoms with E-state index in [4.69, 9.17) is 0 Å². The summed E-state index contributed by atoms with van der Waals surface area (Å²) in [4.78, 5) is 16.1. The molecule has 2 N–H and O–H groups in total. The fraction of sp³-hybridized carbons (Fsp3) is 0.929. The lowest BCUT2D eigenvalue weighted by Crippen LogP contribution is -2.53. The first-order chi connectivity index (χ1) is 8.94. The Kier molecular flexibility index (Phi) is 4.81. The fourth-order valence-electron chi connectivity index (χ4n) is 2.52. The van der Waals surface area contributed by atoms with Gasteiger partial charge >= 0.3 is 0 Å². The van der Waals surface area contributed by atoms with E-state index in [1.807, 2.05) is 18.7 Å². The summed E-state index contributed by atoms with van der Waals surface area (Å²) >= 11 is 0. The Balaban J connectivity index is 1.62. The van der Waals surface area contributed by atoms with Crippen molar-refractivity contribution in [3.63, 3.8) is 0 Å². The first-order valence-electron chi connectivity index (χ1n) is 7.37. The number of carbonyl (C=O) groups is 1. The van der Waals surface area contributed by atoms with E-state index in [-0.39, 0.29) is 5.91 Å². The van der Waals surface area contributed by atoms with Gasteiger partial charge in [-0.3, -0.25) is 9.69 Å². The summed E-state index contributed by atoms with van der Waals surface area (Å²) in [7, 11) is 0. The van der Waals surface area contributed by atoms with Gasteiger partial charge in [0, 0.05) is 32.7 Å². The lowest BCUT2D eigenvalue weighted by molar-refractivity contribution is -0.132. The molecule has 1 saturated heterocycles. The highest BCUT2D eigenvalue weighted by Gasteiger charge is 2.25. The number of piperazine rings is 1. The van der Waals surface area contributed by atoms with Gasteiger partial charge in [-0.05, 0) is 39.2 Å². The molecule has 0 spiro atoms. The summed E-state index contributed by atoms with van der Waals surface area (Å²) in [5.74, 6) is 1.03. The molecule has 0 aromatic rings. The molecule has 0 aromatic heterocycles. The van der Waals surface area contributed by atoms with E-state index in [1.54, 1.807) is 0 Å². The van der Waals surface area contributed by atoms with Gasteiger partial charge in [0.2, 0.25) is 5.91 Å². The van der Waals surface area contributed by atoms with Crippen LogP contribution in [0.25, 0.3) is 0 Å². The maximum atomic E-state index is 12.0. The molecule has 1 amide bonds. The summed E-state index contributed by atoms with van der Waals surface area (Å²) in [6, 6.07) is 0. The third-order valence-corrected chi connectivity index (χ3v) is 3.74. The largest absolute Gasteiger partial charge is 0.389 e. The molecule has 1 saturated carbocycles. The van der Waals surface area contributed by atoms with Gasteiger partial charge < -0.3 is 15.3 Å². The van der Waals surface area contributed by atoms with E-state index >= 15 is 0 Å². The predicted molar refractivity (Wildman–Crippen MR) is 74.9 cm³/mol. The molecule has 5 nitrogen and oxygen atoms in total. The van der Waals surface area contributed by atoms with Crippen LogP contribution in [0.15, 0.2) is 0 Å². The lowest BCUT2D eigenvalue weighted by atomic mass is 10.1. The molecular weight excluding hydrogens is 242 g/mol. The molecule has 0 radical (unpaired) electrons. The number of β-amino-alcohol motifs (C(OH)–C–C–N with tert-alkyl or cyclic N) is 1. The van der Waals surface area contributed by atoms with Crippen LogP contribution in [0, 0.1) is 5.92 Å². The molecule has 0 aromatic carbocycles. The zero-order chi connectivity index (χ0) is 13.9. The zero-order valence-corrected chi connectivity index (χ0v) is 12.2. The number of hydrogen-bond acceptors (Lipinski definition) is 4. The van der Waals surface area contributed by atoms with E-state index in [9.17, 15) is 9.90 Å². The summed E-state index contributed by atoms with van der Waals surface area (Å²) in [6.07, 6.45) is 2.63. The molecule has 1 aliphatic carbocycles. The number of amides is 1. The van der Waals surface area contributed by atoms with Crippen molar-refractivity contribution in [2.24, 2.45) is 5.92 Å². The summed E-state index contributed by atoms with van der Waals surface area (Å²) in [5.41, 5.74) is -0.655. The third kappa shape index (κ3) is 5.47. The molecule has 0 atom stereocenters. The van der Waals surface area contributed by atoms with Crippen molar-refractivity contribution < 1.29 is 9.90 Å². The molecule has 5 heteroatoms. The van der Waals surface area contributed by atoms with Crippen LogP contribution in [-0.2, 0) is 4.79 Å². The van der Waals surface area contributed by atoms with Crippen molar-refractivity contribution in [1.29, 1.82) is 0 Å². The van der Waals surface area contributed by atoms with Crippen LogP contribution in [0.5, 0.6) is 0 Å². The third-order valence-electron chi connectivity index (χ3n) is 3.74. The molecule has 1 aliphatic heterocycles. The number of nitrogens with one attached hydrogen (secondary N) is 1. The van der Waals surface area contributed by atoms with Gasteiger partial charge in [-0.15, -0.1) is 0 Å². The van der Waals surface area contributed by atoms with Crippen LogP contribution < -0.4 is 5.32 Å². The molecule has 2 fully saturated rings. The maximum absolute atomic E-state index is 12.0. The molecule has 0 unspecified atom stereocenters. The van der Waals surface area contributed by atoms with Gasteiger partial charge in [-0.1, -0.05) is 0 Å². The second-order valence-corrected chi connectivity index (χ2v) is 6.54. The van der Waals surface area contributed by atoms with Crippen molar-refractivity contribution >= 4 is 5.91 Å². The quantitative estimate of drug-likeness (QED) is 0.707. The average Bonchev–Trinajstić information content (AvgIpc) is 3.12. The van der Waals surface area contributed by atoms with Crippen molar-refractivity contribution in [1.82, 2.24) is 15.1 Å². The van der Waals surface area contributed by atoms with Crippen molar-refractivity contribution in [2.45, 2.75) is 32.3 Å². The summed E-state index contributed by atoms with van der Waals surface area (Å²) in [6.45, 7) is 9.07. The Morgan fingerprint density at radius 2 is 1.89 bits per heavy atom. The Bertz CT molecular complexity index is 302. The van der Waals surface area contributed by atoms with Crippen molar-refractivity contribution in [3.8, 4) is 0 Å². The van der Waals surface area contributed by atoms with Gasteiger partial charge in [0.25, 0.3) is 0 Å². The molecular formula is C14H27N3O2. The second kappa shape index (κ2) is 6.20. The van der Waals surface area contributed by atoms with Gasteiger partial charge in [-0.25, -0.2) is 0 Å². The first kappa shape index (κ1) is 14.8. The molecule has 0 bridgehead atoms. The standard InChI is InChI=1S/C14H27N3O2/c1-14(2,19)11-16-5-7-17(8-6-16)13(18)10-15-9-12-3-4-12/h12,15,19H,3-11H2,1-2H3. The van der Waals surface area contributed by atoms with Crippen molar-refractivity contribution in [2.75, 3.05) is 45.8 Å². The molecule has 2 aliphatic rings. The molecule has 2 rings (SSSR count). The predicted octanol–water partition coefficient (Wildman–Crippen LogP) is -0.0989. The Labute approximate surface area is 115 Å². The number of hydrogen-bond donors (Lipinski definition) is 2. The highest BCUT2D eigenvalue weighted by Crippen LogP contribution is 2.27. The zero-order valence-electron chi connectivity index (χ0n) is 12.2. The Morgan fingerprint density at radius 1 is 1.26 bits per heavy atom. The van der Waals surface area contributed by atoms with Crippen molar-refractivity contribution in [3.05, 3.63) is 0 Å². The van der Waals surface area contributed by atoms with Crippen LogP contribution in [0.2, 0.25) is 0 Å². The van der Waals surface area contributed by atoms with Crippen LogP contribution in [0.4, 0.5) is 0 Å². The Morgan fingerprint density at radius 3 is 2.42 bits per heavy atom. The first-order valence-corrected chi connectivity index (χ1v) is 7.37. The average molecular weight is 269 g/mol. The molecule has 110 valence electrons.